The minimum atomic E-state index is -3.74. The predicted octanol–water partition coefficient (Wildman–Crippen LogP) is 3.45. The van der Waals surface area contributed by atoms with E-state index in [1.165, 1.54) is 31.2 Å². The first-order valence-electron chi connectivity index (χ1n) is 8.23. The number of esters is 1. The standard InChI is InChI=1S/C19H20ClNO5S/c1-12(2)21-27(24,25)17-6-4-5-15(11-17)19(23)26-13(3)18(22)14-7-9-16(20)10-8-14/h4-13,21H,1-3H3. The van der Waals surface area contributed by atoms with Gasteiger partial charge < -0.3 is 4.74 Å². The molecule has 1 unspecified atom stereocenters. The van der Waals surface area contributed by atoms with Crippen LogP contribution in [0.15, 0.2) is 53.4 Å². The summed E-state index contributed by atoms with van der Waals surface area (Å²) in [6.45, 7) is 4.84. The number of halogens is 1. The van der Waals surface area contributed by atoms with Gasteiger partial charge in [0.05, 0.1) is 10.5 Å². The monoisotopic (exact) mass is 409 g/mol. The van der Waals surface area contributed by atoms with E-state index in [2.05, 4.69) is 4.72 Å². The molecule has 1 atom stereocenters. The van der Waals surface area contributed by atoms with Crippen LogP contribution in [0.4, 0.5) is 0 Å². The molecule has 6 nitrogen and oxygen atoms in total. The van der Waals surface area contributed by atoms with Crippen LogP contribution < -0.4 is 4.72 Å². The zero-order chi connectivity index (χ0) is 20.2. The Hall–Kier alpha value is -2.22. The summed E-state index contributed by atoms with van der Waals surface area (Å²) in [6, 6.07) is 11.4. The quantitative estimate of drug-likeness (QED) is 0.558. The molecule has 2 rings (SSSR count). The van der Waals surface area contributed by atoms with Gasteiger partial charge in [-0.25, -0.2) is 17.9 Å². The summed E-state index contributed by atoms with van der Waals surface area (Å²) in [5.74, 6) is -1.17. The second-order valence-corrected chi connectivity index (χ2v) is 8.37. The largest absolute Gasteiger partial charge is 0.451 e. The molecule has 0 fully saturated rings. The second-order valence-electron chi connectivity index (χ2n) is 6.22. The van der Waals surface area contributed by atoms with Crippen molar-refractivity contribution in [3.63, 3.8) is 0 Å². The number of ketones is 1. The van der Waals surface area contributed by atoms with Gasteiger partial charge in [0.25, 0.3) is 0 Å². The number of carbonyl (C=O) groups is 2. The zero-order valence-electron chi connectivity index (χ0n) is 15.1. The van der Waals surface area contributed by atoms with E-state index in [4.69, 9.17) is 16.3 Å². The van der Waals surface area contributed by atoms with Gasteiger partial charge >= 0.3 is 5.97 Å². The van der Waals surface area contributed by atoms with Crippen molar-refractivity contribution in [2.24, 2.45) is 0 Å². The van der Waals surface area contributed by atoms with Gasteiger partial charge in [-0.05, 0) is 63.2 Å². The topological polar surface area (TPSA) is 89.5 Å². The van der Waals surface area contributed by atoms with Crippen molar-refractivity contribution in [3.8, 4) is 0 Å². The highest BCUT2D eigenvalue weighted by molar-refractivity contribution is 7.89. The van der Waals surface area contributed by atoms with Gasteiger partial charge in [-0.3, -0.25) is 4.79 Å². The third kappa shape index (κ3) is 5.63. The van der Waals surface area contributed by atoms with Crippen LogP contribution >= 0.6 is 11.6 Å². The first-order chi connectivity index (χ1) is 12.6. The Bertz CT molecular complexity index is 939. The molecule has 0 amide bonds. The van der Waals surface area contributed by atoms with Gasteiger partial charge in [0.2, 0.25) is 15.8 Å². The van der Waals surface area contributed by atoms with Crippen molar-refractivity contribution in [2.75, 3.05) is 0 Å². The van der Waals surface area contributed by atoms with E-state index in [1.807, 2.05) is 0 Å². The van der Waals surface area contributed by atoms with E-state index < -0.39 is 22.1 Å². The van der Waals surface area contributed by atoms with E-state index in [0.29, 0.717) is 10.6 Å². The minimum absolute atomic E-state index is 0.0392. The molecule has 0 aliphatic carbocycles. The van der Waals surface area contributed by atoms with Crippen molar-refractivity contribution in [1.82, 2.24) is 4.72 Å². The zero-order valence-corrected chi connectivity index (χ0v) is 16.7. The van der Waals surface area contributed by atoms with Crippen molar-refractivity contribution >= 4 is 33.4 Å². The smallest absolute Gasteiger partial charge is 0.338 e. The minimum Gasteiger partial charge on any atom is -0.451 e. The molecule has 0 bridgehead atoms. The number of nitrogens with one attached hydrogen (secondary N) is 1. The van der Waals surface area contributed by atoms with Crippen molar-refractivity contribution in [2.45, 2.75) is 37.8 Å². The van der Waals surface area contributed by atoms with Gasteiger partial charge in [0, 0.05) is 16.6 Å². The van der Waals surface area contributed by atoms with E-state index >= 15 is 0 Å². The fraction of sp³-hybridized carbons (Fsp3) is 0.263. The molecule has 0 saturated heterocycles. The Kier molecular flexibility index (Phi) is 6.75. The van der Waals surface area contributed by atoms with E-state index in [9.17, 15) is 18.0 Å². The molecule has 0 radical (unpaired) electrons. The molecule has 0 heterocycles. The van der Waals surface area contributed by atoms with Crippen LogP contribution in [0.25, 0.3) is 0 Å². The third-order valence-electron chi connectivity index (χ3n) is 3.55. The molecule has 0 spiro atoms. The molecule has 8 heteroatoms. The Balaban J connectivity index is 2.15. The van der Waals surface area contributed by atoms with Crippen molar-refractivity contribution in [3.05, 3.63) is 64.7 Å². The Morgan fingerprint density at radius 2 is 1.63 bits per heavy atom. The highest BCUT2D eigenvalue weighted by atomic mass is 35.5. The Morgan fingerprint density at radius 3 is 2.22 bits per heavy atom. The maximum Gasteiger partial charge on any atom is 0.338 e. The van der Waals surface area contributed by atoms with E-state index in [1.54, 1.807) is 38.1 Å². The molecule has 1 N–H and O–H groups in total. The average Bonchev–Trinajstić information content (AvgIpc) is 2.60. The van der Waals surface area contributed by atoms with Gasteiger partial charge in [-0.2, -0.15) is 0 Å². The highest BCUT2D eigenvalue weighted by Gasteiger charge is 2.22. The molecule has 27 heavy (non-hydrogen) atoms. The lowest BCUT2D eigenvalue weighted by molar-refractivity contribution is 0.0318. The van der Waals surface area contributed by atoms with Crippen LogP contribution in [-0.2, 0) is 14.8 Å². The lowest BCUT2D eigenvalue weighted by Gasteiger charge is -2.13. The number of sulfonamides is 1. The molecule has 0 aromatic heterocycles. The Morgan fingerprint density at radius 1 is 1.00 bits per heavy atom. The van der Waals surface area contributed by atoms with Crippen LogP contribution in [-0.4, -0.2) is 32.3 Å². The number of hydrogen-bond donors (Lipinski definition) is 1. The van der Waals surface area contributed by atoms with E-state index in [-0.39, 0.29) is 22.3 Å². The predicted molar refractivity (Wildman–Crippen MR) is 103 cm³/mol. The van der Waals surface area contributed by atoms with Crippen molar-refractivity contribution in [1.29, 1.82) is 0 Å². The number of benzene rings is 2. The van der Waals surface area contributed by atoms with Crippen LogP contribution in [0.2, 0.25) is 5.02 Å². The normalized spacial score (nSPS) is 12.6. The van der Waals surface area contributed by atoms with Gasteiger partial charge in [0.1, 0.15) is 0 Å². The summed E-state index contributed by atoms with van der Waals surface area (Å²) in [6.07, 6.45) is -1.03. The summed E-state index contributed by atoms with van der Waals surface area (Å²) in [7, 11) is -3.74. The van der Waals surface area contributed by atoms with E-state index in [0.717, 1.165) is 0 Å². The number of Topliss-reactive ketones (excluding diaryl/α,β-unsaturated/α-hetero) is 1. The van der Waals surface area contributed by atoms with Crippen LogP contribution in [0.5, 0.6) is 0 Å². The number of ether oxygens (including phenoxy) is 1. The average molecular weight is 410 g/mol. The number of hydrogen-bond acceptors (Lipinski definition) is 5. The van der Waals surface area contributed by atoms with Gasteiger partial charge in [-0.15, -0.1) is 0 Å². The summed E-state index contributed by atoms with van der Waals surface area (Å²) in [5, 5.41) is 0.490. The molecular weight excluding hydrogens is 390 g/mol. The van der Waals surface area contributed by atoms with Crippen LogP contribution in [0.1, 0.15) is 41.5 Å². The molecule has 2 aromatic rings. The maximum absolute atomic E-state index is 12.3. The molecular formula is C19H20ClNO5S. The van der Waals surface area contributed by atoms with Crippen LogP contribution in [0, 0.1) is 0 Å². The SMILES string of the molecule is CC(C)NS(=O)(=O)c1cccc(C(=O)OC(C)C(=O)c2ccc(Cl)cc2)c1. The molecule has 0 aliphatic heterocycles. The molecule has 2 aromatic carbocycles. The summed E-state index contributed by atoms with van der Waals surface area (Å²) in [4.78, 5) is 24.6. The Labute approximate surface area is 163 Å². The summed E-state index contributed by atoms with van der Waals surface area (Å²) in [5.41, 5.74) is 0.398. The van der Waals surface area contributed by atoms with Crippen molar-refractivity contribution < 1.29 is 22.7 Å². The molecule has 144 valence electrons. The van der Waals surface area contributed by atoms with Gasteiger partial charge in [0.15, 0.2) is 6.10 Å². The summed E-state index contributed by atoms with van der Waals surface area (Å²) < 4.78 is 32.1. The van der Waals surface area contributed by atoms with Crippen LogP contribution in [0.3, 0.4) is 0 Å². The first-order valence-corrected chi connectivity index (χ1v) is 10.1. The van der Waals surface area contributed by atoms with Gasteiger partial charge in [-0.1, -0.05) is 17.7 Å². The molecule has 0 aliphatic rings. The fourth-order valence-electron chi connectivity index (χ4n) is 2.30. The summed E-state index contributed by atoms with van der Waals surface area (Å²) >= 11 is 5.79. The maximum atomic E-state index is 12.3. The highest BCUT2D eigenvalue weighted by Crippen LogP contribution is 2.16. The third-order valence-corrected chi connectivity index (χ3v) is 5.46. The number of carbonyl (C=O) groups excluding carboxylic acids is 2. The molecule has 0 saturated carbocycles. The number of rotatable bonds is 7. The second kappa shape index (κ2) is 8.65. The first kappa shape index (κ1) is 21.1. The lowest BCUT2D eigenvalue weighted by Crippen LogP contribution is -2.30. The fourth-order valence-corrected chi connectivity index (χ4v) is 3.72. The lowest BCUT2D eigenvalue weighted by atomic mass is 10.1.